The summed E-state index contributed by atoms with van der Waals surface area (Å²) in [5.41, 5.74) is 6.44. The molecule has 0 saturated heterocycles. The molecule has 0 bridgehead atoms. The van der Waals surface area contributed by atoms with Crippen molar-refractivity contribution in [1.29, 1.82) is 0 Å². The van der Waals surface area contributed by atoms with Crippen molar-refractivity contribution in [3.05, 3.63) is 101 Å². The van der Waals surface area contributed by atoms with Crippen molar-refractivity contribution in [2.45, 2.75) is 20.4 Å². The Bertz CT molecular complexity index is 1310. The lowest BCUT2D eigenvalue weighted by Gasteiger charge is -2.25. The van der Waals surface area contributed by atoms with Crippen molar-refractivity contribution < 1.29 is 9.53 Å². The number of methoxy groups -OCH3 is 1. The molecule has 0 fully saturated rings. The van der Waals surface area contributed by atoms with E-state index in [1.807, 2.05) is 73.6 Å². The molecule has 1 heterocycles. The van der Waals surface area contributed by atoms with Crippen LogP contribution in [0.4, 0.5) is 0 Å². The number of likely N-dealkylation sites (N-methyl/N-ethyl adjacent to an activating group) is 1. The van der Waals surface area contributed by atoms with Crippen LogP contribution in [0.1, 0.15) is 27.2 Å². The molecule has 1 amide bonds. The van der Waals surface area contributed by atoms with Gasteiger partial charge in [0.1, 0.15) is 11.4 Å². The topological polar surface area (TPSA) is 50.6 Å². The third kappa shape index (κ3) is 5.83. The Balaban J connectivity index is 1.79. The summed E-state index contributed by atoms with van der Waals surface area (Å²) in [7, 11) is 5.69. The zero-order chi connectivity index (χ0) is 25.7. The van der Waals surface area contributed by atoms with Gasteiger partial charge in [-0.3, -0.25) is 4.79 Å². The molecular weight excluding hydrogens is 448 g/mol. The number of aryl methyl sites for hydroxylation is 2. The second kappa shape index (κ2) is 11.2. The van der Waals surface area contributed by atoms with Gasteiger partial charge in [-0.1, -0.05) is 48.0 Å². The van der Waals surface area contributed by atoms with E-state index in [1.54, 1.807) is 11.8 Å². The van der Waals surface area contributed by atoms with Crippen LogP contribution in [0.5, 0.6) is 5.75 Å². The fraction of sp³-hybridized carbons (Fsp3) is 0.267. The van der Waals surface area contributed by atoms with Crippen LogP contribution in [0.15, 0.2) is 78.9 Å². The Morgan fingerprint density at radius 1 is 0.917 bits per heavy atom. The fourth-order valence-corrected chi connectivity index (χ4v) is 4.20. The van der Waals surface area contributed by atoms with Crippen LogP contribution in [-0.2, 0) is 6.54 Å². The highest BCUT2D eigenvalue weighted by molar-refractivity contribution is 5.94. The number of carbonyl (C=O) groups excluding carboxylic acids is 1. The predicted molar refractivity (Wildman–Crippen MR) is 145 cm³/mol. The van der Waals surface area contributed by atoms with E-state index in [9.17, 15) is 4.79 Å². The second-order valence-corrected chi connectivity index (χ2v) is 9.36. The van der Waals surface area contributed by atoms with Gasteiger partial charge >= 0.3 is 0 Å². The van der Waals surface area contributed by atoms with Crippen molar-refractivity contribution in [2.75, 3.05) is 34.3 Å². The Kier molecular flexibility index (Phi) is 7.86. The average molecular weight is 483 g/mol. The third-order valence-electron chi connectivity index (χ3n) is 6.22. The number of rotatable bonds is 9. The van der Waals surface area contributed by atoms with Gasteiger partial charge in [0.2, 0.25) is 0 Å². The Morgan fingerprint density at radius 2 is 1.64 bits per heavy atom. The largest absolute Gasteiger partial charge is 0.497 e. The molecule has 4 aromatic rings. The molecule has 0 aliphatic carbocycles. The van der Waals surface area contributed by atoms with E-state index in [0.717, 1.165) is 40.4 Å². The van der Waals surface area contributed by atoms with Gasteiger partial charge < -0.3 is 14.5 Å². The molecule has 0 N–H and O–H groups in total. The summed E-state index contributed by atoms with van der Waals surface area (Å²) >= 11 is 0. The lowest BCUT2D eigenvalue weighted by Crippen LogP contribution is -2.37. The summed E-state index contributed by atoms with van der Waals surface area (Å²) in [5, 5.41) is 4.92. The highest BCUT2D eigenvalue weighted by Gasteiger charge is 2.24. The zero-order valence-electron chi connectivity index (χ0n) is 21.7. The Morgan fingerprint density at radius 3 is 2.28 bits per heavy atom. The third-order valence-corrected chi connectivity index (χ3v) is 6.22. The quantitative estimate of drug-likeness (QED) is 0.322. The van der Waals surface area contributed by atoms with E-state index in [2.05, 4.69) is 43.0 Å². The SMILES string of the molecule is COc1ccc(-c2cc(C(=O)N(CCN(C)C)Cc3ccccc3)n(-c3ccc(C)cc3C)n2)cc1. The molecule has 3 aromatic carbocycles. The molecule has 0 saturated carbocycles. The number of aromatic nitrogens is 2. The summed E-state index contributed by atoms with van der Waals surface area (Å²) in [6, 6.07) is 26.0. The molecule has 1 aromatic heterocycles. The Hall–Kier alpha value is -3.90. The first-order valence-corrected chi connectivity index (χ1v) is 12.2. The smallest absolute Gasteiger partial charge is 0.272 e. The molecule has 6 heteroatoms. The number of carbonyl (C=O) groups is 1. The second-order valence-electron chi connectivity index (χ2n) is 9.36. The first-order chi connectivity index (χ1) is 17.4. The zero-order valence-corrected chi connectivity index (χ0v) is 21.7. The van der Waals surface area contributed by atoms with Gasteiger partial charge in [0.05, 0.1) is 18.5 Å². The number of benzene rings is 3. The van der Waals surface area contributed by atoms with Crippen molar-refractivity contribution in [3.8, 4) is 22.7 Å². The molecule has 0 atom stereocenters. The minimum atomic E-state index is -0.0482. The van der Waals surface area contributed by atoms with Crippen LogP contribution in [0.2, 0.25) is 0 Å². The van der Waals surface area contributed by atoms with Crippen LogP contribution < -0.4 is 4.74 Å². The fourth-order valence-electron chi connectivity index (χ4n) is 4.20. The molecule has 0 spiro atoms. The molecule has 0 aliphatic heterocycles. The first-order valence-electron chi connectivity index (χ1n) is 12.2. The van der Waals surface area contributed by atoms with E-state index in [1.165, 1.54) is 5.56 Å². The molecule has 0 unspecified atom stereocenters. The number of amides is 1. The van der Waals surface area contributed by atoms with Crippen molar-refractivity contribution in [3.63, 3.8) is 0 Å². The maximum absolute atomic E-state index is 14.1. The molecule has 4 rings (SSSR count). The average Bonchev–Trinajstić information content (AvgIpc) is 3.32. The summed E-state index contributed by atoms with van der Waals surface area (Å²) in [4.78, 5) is 18.1. The normalized spacial score (nSPS) is 11.1. The minimum Gasteiger partial charge on any atom is -0.497 e. The van der Waals surface area contributed by atoms with E-state index < -0.39 is 0 Å². The van der Waals surface area contributed by atoms with Crippen LogP contribution in [-0.4, -0.2) is 59.8 Å². The first kappa shape index (κ1) is 25.2. The van der Waals surface area contributed by atoms with E-state index in [0.29, 0.717) is 18.8 Å². The molecule has 0 radical (unpaired) electrons. The summed E-state index contributed by atoms with van der Waals surface area (Å²) in [5.74, 6) is 0.731. The standard InChI is InChI=1S/C30H34N4O2/c1-22-11-16-28(23(2)19-22)34-29(20-27(31-34)25-12-14-26(36-5)15-13-25)30(35)33(18-17-32(3)4)21-24-9-7-6-8-10-24/h6-16,19-20H,17-18,21H2,1-5H3. The van der Waals surface area contributed by atoms with Gasteiger partial charge in [0, 0.05) is 25.2 Å². The van der Waals surface area contributed by atoms with Gasteiger partial charge in [-0.2, -0.15) is 5.10 Å². The van der Waals surface area contributed by atoms with Crippen molar-refractivity contribution in [1.82, 2.24) is 19.6 Å². The number of hydrogen-bond donors (Lipinski definition) is 0. The van der Waals surface area contributed by atoms with Gasteiger partial charge in [0.25, 0.3) is 5.91 Å². The summed E-state index contributed by atoms with van der Waals surface area (Å²) in [6.07, 6.45) is 0. The van der Waals surface area contributed by atoms with E-state index in [-0.39, 0.29) is 5.91 Å². The molecule has 0 aliphatic rings. The van der Waals surface area contributed by atoms with Gasteiger partial charge in [-0.05, 0) is 75.5 Å². The number of hydrogen-bond acceptors (Lipinski definition) is 4. The van der Waals surface area contributed by atoms with E-state index >= 15 is 0 Å². The maximum atomic E-state index is 14.1. The monoisotopic (exact) mass is 482 g/mol. The predicted octanol–water partition coefficient (Wildman–Crippen LogP) is 5.37. The van der Waals surface area contributed by atoms with Crippen LogP contribution in [0.3, 0.4) is 0 Å². The Labute approximate surface area is 213 Å². The molecular formula is C30H34N4O2. The highest BCUT2D eigenvalue weighted by atomic mass is 16.5. The lowest BCUT2D eigenvalue weighted by atomic mass is 10.1. The van der Waals surface area contributed by atoms with Crippen LogP contribution in [0, 0.1) is 13.8 Å². The van der Waals surface area contributed by atoms with Gasteiger partial charge in [-0.25, -0.2) is 4.68 Å². The highest BCUT2D eigenvalue weighted by Crippen LogP contribution is 2.26. The van der Waals surface area contributed by atoms with Gasteiger partial charge in [0.15, 0.2) is 0 Å². The maximum Gasteiger partial charge on any atom is 0.272 e. The minimum absolute atomic E-state index is 0.0482. The van der Waals surface area contributed by atoms with E-state index in [4.69, 9.17) is 9.84 Å². The molecule has 186 valence electrons. The van der Waals surface area contributed by atoms with Crippen LogP contribution in [0.25, 0.3) is 16.9 Å². The lowest BCUT2D eigenvalue weighted by molar-refractivity contribution is 0.0722. The summed E-state index contributed by atoms with van der Waals surface area (Å²) in [6.45, 7) is 6.03. The van der Waals surface area contributed by atoms with Crippen LogP contribution >= 0.6 is 0 Å². The number of ether oxygens (including phenoxy) is 1. The van der Waals surface area contributed by atoms with Crippen molar-refractivity contribution >= 4 is 5.91 Å². The van der Waals surface area contributed by atoms with Gasteiger partial charge in [-0.15, -0.1) is 0 Å². The number of nitrogens with zero attached hydrogens (tertiary/aromatic N) is 4. The molecule has 36 heavy (non-hydrogen) atoms. The summed E-state index contributed by atoms with van der Waals surface area (Å²) < 4.78 is 7.11. The molecule has 6 nitrogen and oxygen atoms in total. The van der Waals surface area contributed by atoms with Crippen molar-refractivity contribution in [2.24, 2.45) is 0 Å².